The van der Waals surface area contributed by atoms with Crippen LogP contribution in [0.15, 0.2) is 29.2 Å². The molecule has 104 valence electrons. The molecule has 1 atom stereocenters. The SMILES string of the molecule is COC1CCN(C(=O)c2ccccc2S(N)(=O)=O)C1. The van der Waals surface area contributed by atoms with Crippen molar-refractivity contribution in [2.45, 2.75) is 17.4 Å². The van der Waals surface area contributed by atoms with Crippen LogP contribution in [0.5, 0.6) is 0 Å². The number of nitrogens with zero attached hydrogens (tertiary/aromatic N) is 1. The minimum atomic E-state index is -3.91. The highest BCUT2D eigenvalue weighted by Crippen LogP contribution is 2.20. The topological polar surface area (TPSA) is 89.7 Å². The third-order valence-corrected chi connectivity index (χ3v) is 4.16. The van der Waals surface area contributed by atoms with Crippen LogP contribution in [0, 0.1) is 0 Å². The molecule has 1 fully saturated rings. The van der Waals surface area contributed by atoms with E-state index < -0.39 is 10.0 Å². The summed E-state index contributed by atoms with van der Waals surface area (Å²) in [7, 11) is -2.31. The second-order valence-electron chi connectivity index (χ2n) is 4.44. The van der Waals surface area contributed by atoms with E-state index in [9.17, 15) is 13.2 Å². The zero-order chi connectivity index (χ0) is 14.0. The van der Waals surface area contributed by atoms with Crippen molar-refractivity contribution < 1.29 is 17.9 Å². The summed E-state index contributed by atoms with van der Waals surface area (Å²) in [5.74, 6) is -0.329. The van der Waals surface area contributed by atoms with Gasteiger partial charge in [0.05, 0.1) is 16.6 Å². The van der Waals surface area contributed by atoms with Crippen molar-refractivity contribution in [3.8, 4) is 0 Å². The lowest BCUT2D eigenvalue weighted by Crippen LogP contribution is -2.31. The molecule has 0 bridgehead atoms. The van der Waals surface area contributed by atoms with Gasteiger partial charge >= 0.3 is 0 Å². The number of carbonyl (C=O) groups is 1. The fourth-order valence-corrected chi connectivity index (χ4v) is 2.90. The molecule has 1 aliphatic heterocycles. The van der Waals surface area contributed by atoms with E-state index in [0.717, 1.165) is 6.42 Å². The second-order valence-corrected chi connectivity index (χ2v) is 5.97. The Morgan fingerprint density at radius 2 is 2.11 bits per heavy atom. The van der Waals surface area contributed by atoms with Crippen molar-refractivity contribution in [1.82, 2.24) is 4.90 Å². The lowest BCUT2D eigenvalue weighted by molar-refractivity contribution is 0.0721. The number of methoxy groups -OCH3 is 1. The first kappa shape index (κ1) is 14.0. The first-order chi connectivity index (χ1) is 8.93. The monoisotopic (exact) mass is 284 g/mol. The fraction of sp³-hybridized carbons (Fsp3) is 0.417. The van der Waals surface area contributed by atoms with Crippen LogP contribution in [0.1, 0.15) is 16.8 Å². The summed E-state index contributed by atoms with van der Waals surface area (Å²) in [6, 6.07) is 5.97. The first-order valence-electron chi connectivity index (χ1n) is 5.87. The molecule has 2 N–H and O–H groups in total. The van der Waals surface area contributed by atoms with E-state index in [0.29, 0.717) is 13.1 Å². The van der Waals surface area contributed by atoms with Crippen molar-refractivity contribution >= 4 is 15.9 Å². The summed E-state index contributed by atoms with van der Waals surface area (Å²) in [5, 5.41) is 5.12. The van der Waals surface area contributed by atoms with Gasteiger partial charge in [-0.2, -0.15) is 0 Å². The zero-order valence-electron chi connectivity index (χ0n) is 10.6. The Labute approximate surface area is 112 Å². The molecule has 7 heteroatoms. The number of amides is 1. The van der Waals surface area contributed by atoms with Gasteiger partial charge in [-0.05, 0) is 18.6 Å². The summed E-state index contributed by atoms with van der Waals surface area (Å²) >= 11 is 0. The van der Waals surface area contributed by atoms with Crippen LogP contribution >= 0.6 is 0 Å². The number of hydrogen-bond donors (Lipinski definition) is 1. The molecule has 0 radical (unpaired) electrons. The summed E-state index contributed by atoms with van der Waals surface area (Å²) in [6.07, 6.45) is 0.755. The van der Waals surface area contributed by atoms with E-state index >= 15 is 0 Å². The normalized spacial score (nSPS) is 19.7. The standard InChI is InChI=1S/C12H16N2O4S/c1-18-9-6-7-14(8-9)12(15)10-4-2-3-5-11(10)19(13,16)17/h2-5,9H,6-8H2,1H3,(H2,13,16,17). The summed E-state index contributed by atoms with van der Waals surface area (Å²) in [6.45, 7) is 1.02. The van der Waals surface area contributed by atoms with E-state index in [1.54, 1.807) is 24.1 Å². The van der Waals surface area contributed by atoms with E-state index in [4.69, 9.17) is 9.88 Å². The molecule has 0 spiro atoms. The van der Waals surface area contributed by atoms with Crippen molar-refractivity contribution in [2.75, 3.05) is 20.2 Å². The molecule has 6 nitrogen and oxygen atoms in total. The van der Waals surface area contributed by atoms with Crippen LogP contribution in [-0.4, -0.2) is 45.5 Å². The molecule has 1 aliphatic rings. The number of nitrogens with two attached hydrogens (primary N) is 1. The van der Waals surface area contributed by atoms with E-state index in [-0.39, 0.29) is 22.5 Å². The highest BCUT2D eigenvalue weighted by molar-refractivity contribution is 7.89. The Morgan fingerprint density at radius 3 is 2.68 bits per heavy atom. The van der Waals surface area contributed by atoms with Crippen LogP contribution < -0.4 is 5.14 Å². The van der Waals surface area contributed by atoms with Gasteiger partial charge in [0.2, 0.25) is 10.0 Å². The molecular formula is C12H16N2O4S. The van der Waals surface area contributed by atoms with Gasteiger partial charge < -0.3 is 9.64 Å². The second kappa shape index (κ2) is 5.28. The van der Waals surface area contributed by atoms with Crippen molar-refractivity contribution in [3.05, 3.63) is 29.8 Å². The lowest BCUT2D eigenvalue weighted by atomic mass is 10.2. The van der Waals surface area contributed by atoms with Gasteiger partial charge in [-0.1, -0.05) is 12.1 Å². The zero-order valence-corrected chi connectivity index (χ0v) is 11.4. The average molecular weight is 284 g/mol. The molecule has 0 saturated carbocycles. The van der Waals surface area contributed by atoms with E-state index in [1.165, 1.54) is 12.1 Å². The molecule has 0 aromatic heterocycles. The van der Waals surface area contributed by atoms with Crippen LogP contribution in [0.4, 0.5) is 0 Å². The highest BCUT2D eigenvalue weighted by atomic mass is 32.2. The molecule has 19 heavy (non-hydrogen) atoms. The van der Waals surface area contributed by atoms with Crippen molar-refractivity contribution in [1.29, 1.82) is 0 Å². The quantitative estimate of drug-likeness (QED) is 0.858. The Bertz CT molecular complexity index is 585. The first-order valence-corrected chi connectivity index (χ1v) is 7.42. The maximum Gasteiger partial charge on any atom is 0.255 e. The molecule has 0 aliphatic carbocycles. The smallest absolute Gasteiger partial charge is 0.255 e. The van der Waals surface area contributed by atoms with E-state index in [1.807, 2.05) is 0 Å². The van der Waals surface area contributed by atoms with Gasteiger partial charge in [0.15, 0.2) is 0 Å². The number of benzene rings is 1. The maximum absolute atomic E-state index is 12.3. The number of primary sulfonamides is 1. The predicted octanol–water partition coefficient (Wildman–Crippen LogP) is 0.195. The van der Waals surface area contributed by atoms with Crippen LogP contribution in [-0.2, 0) is 14.8 Å². The van der Waals surface area contributed by atoms with Gasteiger partial charge in [-0.15, -0.1) is 0 Å². The molecule has 1 aromatic rings. The van der Waals surface area contributed by atoms with Crippen molar-refractivity contribution in [3.63, 3.8) is 0 Å². The maximum atomic E-state index is 12.3. The fourth-order valence-electron chi connectivity index (χ4n) is 2.17. The van der Waals surface area contributed by atoms with Gasteiger partial charge in [-0.3, -0.25) is 4.79 Å². The Balaban J connectivity index is 2.30. The number of likely N-dealkylation sites (tertiary alicyclic amines) is 1. The summed E-state index contributed by atoms with van der Waals surface area (Å²) in [5.41, 5.74) is 0.113. The van der Waals surface area contributed by atoms with Gasteiger partial charge in [-0.25, -0.2) is 13.6 Å². The minimum Gasteiger partial charge on any atom is -0.380 e. The molecule has 1 unspecified atom stereocenters. The Kier molecular flexibility index (Phi) is 3.88. The molecule has 2 rings (SSSR count). The molecule has 1 heterocycles. The molecule has 1 aromatic carbocycles. The third-order valence-electron chi connectivity index (χ3n) is 3.19. The average Bonchev–Trinajstić information content (AvgIpc) is 2.85. The van der Waals surface area contributed by atoms with Gasteiger partial charge in [0.1, 0.15) is 0 Å². The van der Waals surface area contributed by atoms with Crippen molar-refractivity contribution in [2.24, 2.45) is 5.14 Å². The highest BCUT2D eigenvalue weighted by Gasteiger charge is 2.29. The third kappa shape index (κ3) is 2.94. The number of rotatable bonds is 3. The molecular weight excluding hydrogens is 268 g/mol. The number of hydrogen-bond acceptors (Lipinski definition) is 4. The molecule has 1 amide bonds. The minimum absolute atomic E-state index is 0.00518. The Morgan fingerprint density at radius 1 is 1.42 bits per heavy atom. The van der Waals surface area contributed by atoms with Crippen LogP contribution in [0.3, 0.4) is 0 Å². The summed E-state index contributed by atoms with van der Waals surface area (Å²) < 4.78 is 28.1. The van der Waals surface area contributed by atoms with Crippen LogP contribution in [0.2, 0.25) is 0 Å². The molecule has 1 saturated heterocycles. The Hall–Kier alpha value is -1.44. The number of ether oxygens (including phenoxy) is 1. The van der Waals surface area contributed by atoms with Gasteiger partial charge in [0, 0.05) is 20.2 Å². The summed E-state index contributed by atoms with van der Waals surface area (Å²) in [4.78, 5) is 13.8. The van der Waals surface area contributed by atoms with Gasteiger partial charge in [0.25, 0.3) is 5.91 Å². The number of sulfonamides is 1. The largest absolute Gasteiger partial charge is 0.380 e. The predicted molar refractivity (Wildman–Crippen MR) is 69.1 cm³/mol. The lowest BCUT2D eigenvalue weighted by Gasteiger charge is -2.17. The van der Waals surface area contributed by atoms with E-state index in [2.05, 4.69) is 0 Å². The van der Waals surface area contributed by atoms with Crippen LogP contribution in [0.25, 0.3) is 0 Å². The number of carbonyl (C=O) groups excluding carboxylic acids is 1.